The van der Waals surface area contributed by atoms with Crippen molar-refractivity contribution in [3.8, 4) is 0 Å². The Morgan fingerprint density at radius 1 is 1.30 bits per heavy atom. The van der Waals surface area contributed by atoms with Crippen molar-refractivity contribution in [3.63, 3.8) is 0 Å². The highest BCUT2D eigenvalue weighted by Crippen LogP contribution is 2.23. The lowest BCUT2D eigenvalue weighted by Gasteiger charge is -2.35. The van der Waals surface area contributed by atoms with Crippen LogP contribution < -0.4 is 10.6 Å². The smallest absolute Gasteiger partial charge is 0.237 e. The molecule has 2 amide bonds. The number of piperazine rings is 1. The molecule has 5 nitrogen and oxygen atoms in total. The molecule has 2 N–H and O–H groups in total. The van der Waals surface area contributed by atoms with Gasteiger partial charge in [0.1, 0.15) is 5.82 Å². The molecule has 0 radical (unpaired) electrons. The fourth-order valence-electron chi connectivity index (χ4n) is 3.94. The van der Waals surface area contributed by atoms with Crippen molar-refractivity contribution in [2.24, 2.45) is 5.92 Å². The topological polar surface area (TPSA) is 61.4 Å². The van der Waals surface area contributed by atoms with Gasteiger partial charge in [-0.25, -0.2) is 4.39 Å². The van der Waals surface area contributed by atoms with Crippen molar-refractivity contribution in [2.45, 2.75) is 51.1 Å². The molecule has 1 atom stereocenters. The monoisotopic (exact) mass is 395 g/mol. The van der Waals surface area contributed by atoms with Gasteiger partial charge in [0.25, 0.3) is 0 Å². The van der Waals surface area contributed by atoms with E-state index in [0.717, 1.165) is 5.56 Å². The molecule has 0 bridgehead atoms. The van der Waals surface area contributed by atoms with Gasteiger partial charge in [0, 0.05) is 31.2 Å². The molecule has 148 valence electrons. The Labute approximate surface area is 164 Å². The summed E-state index contributed by atoms with van der Waals surface area (Å²) in [6, 6.07) is 3.72. The van der Waals surface area contributed by atoms with Gasteiger partial charge < -0.3 is 10.6 Å². The van der Waals surface area contributed by atoms with E-state index >= 15 is 0 Å². The average Bonchev–Trinajstić information content (AvgIpc) is 2.66. The van der Waals surface area contributed by atoms with Gasteiger partial charge in [-0.15, -0.1) is 0 Å². The molecule has 27 heavy (non-hydrogen) atoms. The van der Waals surface area contributed by atoms with Crippen molar-refractivity contribution < 1.29 is 14.0 Å². The minimum Gasteiger partial charge on any atom is -0.356 e. The van der Waals surface area contributed by atoms with Gasteiger partial charge >= 0.3 is 0 Å². The molecule has 2 fully saturated rings. The zero-order valence-corrected chi connectivity index (χ0v) is 16.2. The second-order valence-corrected chi connectivity index (χ2v) is 7.93. The maximum absolute atomic E-state index is 13.3. The molecule has 7 heteroatoms. The van der Waals surface area contributed by atoms with E-state index in [2.05, 4.69) is 10.6 Å². The first-order chi connectivity index (χ1) is 13.0. The Hall–Kier alpha value is -1.66. The first kappa shape index (κ1) is 20.1. The lowest BCUT2D eigenvalue weighted by Crippen LogP contribution is -2.56. The SMILES string of the molecule is O=C(C[C@@H]1C(=O)NCCN1Cc1ccc(F)cc1Cl)NCC1CCCCC1. The molecular formula is C20H27ClFN3O2. The van der Waals surface area contributed by atoms with Gasteiger partial charge in [0.15, 0.2) is 0 Å². The van der Waals surface area contributed by atoms with Gasteiger partial charge in [-0.1, -0.05) is 36.9 Å². The minimum atomic E-state index is -0.536. The number of amides is 2. The van der Waals surface area contributed by atoms with Crippen molar-refractivity contribution in [1.82, 2.24) is 15.5 Å². The van der Waals surface area contributed by atoms with E-state index < -0.39 is 11.9 Å². The summed E-state index contributed by atoms with van der Waals surface area (Å²) in [5, 5.41) is 6.17. The molecule has 0 spiro atoms. The molecule has 0 aromatic heterocycles. The highest BCUT2D eigenvalue weighted by Gasteiger charge is 2.32. The van der Waals surface area contributed by atoms with E-state index in [0.29, 0.717) is 37.1 Å². The molecule has 0 unspecified atom stereocenters. The molecule has 1 saturated heterocycles. The minimum absolute atomic E-state index is 0.0992. The zero-order valence-electron chi connectivity index (χ0n) is 15.5. The third-order valence-electron chi connectivity index (χ3n) is 5.52. The average molecular weight is 396 g/mol. The van der Waals surface area contributed by atoms with E-state index in [1.54, 1.807) is 6.07 Å². The highest BCUT2D eigenvalue weighted by atomic mass is 35.5. The predicted molar refractivity (Wildman–Crippen MR) is 103 cm³/mol. The molecule has 2 aliphatic rings. The maximum atomic E-state index is 13.3. The molecule has 1 aromatic rings. The Morgan fingerprint density at radius 3 is 2.81 bits per heavy atom. The van der Waals surface area contributed by atoms with Crippen LogP contribution in [0.1, 0.15) is 44.1 Å². The number of nitrogens with one attached hydrogen (secondary N) is 2. The summed E-state index contributed by atoms with van der Waals surface area (Å²) < 4.78 is 13.3. The first-order valence-electron chi connectivity index (χ1n) is 9.75. The third-order valence-corrected chi connectivity index (χ3v) is 5.87. The number of nitrogens with zero attached hydrogens (tertiary/aromatic N) is 1. The number of halogens is 2. The van der Waals surface area contributed by atoms with E-state index in [-0.39, 0.29) is 18.2 Å². The van der Waals surface area contributed by atoms with Gasteiger partial charge in [0.2, 0.25) is 11.8 Å². The van der Waals surface area contributed by atoms with E-state index in [1.165, 1.54) is 44.2 Å². The largest absolute Gasteiger partial charge is 0.356 e. The molecule has 1 saturated carbocycles. The Balaban J connectivity index is 1.58. The van der Waals surface area contributed by atoms with Crippen LogP contribution in [-0.4, -0.2) is 42.4 Å². The first-order valence-corrected chi connectivity index (χ1v) is 10.1. The molecule has 1 aliphatic heterocycles. The number of carbonyl (C=O) groups excluding carboxylic acids is 2. The zero-order chi connectivity index (χ0) is 19.2. The Bertz CT molecular complexity index is 679. The van der Waals surface area contributed by atoms with Crippen LogP contribution in [0.3, 0.4) is 0 Å². The standard InChI is InChI=1S/C20H27ClFN3O2/c21-17-10-16(22)7-6-15(17)13-25-9-8-23-20(27)18(25)11-19(26)24-12-14-4-2-1-3-5-14/h6-7,10,14,18H,1-5,8-9,11-13H2,(H,23,27)(H,24,26)/t18-/m1/s1. The van der Waals surface area contributed by atoms with Crippen LogP contribution in [0.2, 0.25) is 5.02 Å². The number of benzene rings is 1. The van der Waals surface area contributed by atoms with Gasteiger partial charge in [-0.2, -0.15) is 0 Å². The summed E-state index contributed by atoms with van der Waals surface area (Å²) in [5.41, 5.74) is 0.750. The van der Waals surface area contributed by atoms with Crippen LogP contribution in [0.25, 0.3) is 0 Å². The summed E-state index contributed by atoms with van der Waals surface area (Å²) in [6.07, 6.45) is 6.21. The third kappa shape index (κ3) is 5.66. The van der Waals surface area contributed by atoms with Gasteiger partial charge in [0.05, 0.1) is 12.5 Å². The van der Waals surface area contributed by atoms with Crippen LogP contribution in [-0.2, 0) is 16.1 Å². The summed E-state index contributed by atoms with van der Waals surface area (Å²) in [4.78, 5) is 26.7. The van der Waals surface area contributed by atoms with Crippen molar-refractivity contribution in [1.29, 1.82) is 0 Å². The van der Waals surface area contributed by atoms with Crippen molar-refractivity contribution >= 4 is 23.4 Å². The van der Waals surface area contributed by atoms with Crippen LogP contribution >= 0.6 is 11.6 Å². The highest BCUT2D eigenvalue weighted by molar-refractivity contribution is 6.31. The van der Waals surface area contributed by atoms with E-state index in [9.17, 15) is 14.0 Å². The summed E-state index contributed by atoms with van der Waals surface area (Å²) in [6.45, 7) is 2.25. The Morgan fingerprint density at radius 2 is 2.07 bits per heavy atom. The summed E-state index contributed by atoms with van der Waals surface area (Å²) in [7, 11) is 0. The fraction of sp³-hybridized carbons (Fsp3) is 0.600. The summed E-state index contributed by atoms with van der Waals surface area (Å²) in [5.74, 6) is -0.0825. The van der Waals surface area contributed by atoms with Crippen LogP contribution in [0.15, 0.2) is 18.2 Å². The van der Waals surface area contributed by atoms with Crippen LogP contribution in [0.4, 0.5) is 4.39 Å². The van der Waals surface area contributed by atoms with Gasteiger partial charge in [-0.05, 0) is 36.5 Å². The fourth-order valence-corrected chi connectivity index (χ4v) is 4.17. The predicted octanol–water partition coefficient (Wildman–Crippen LogP) is 2.87. The second kappa shape index (κ2) is 9.51. The molecule has 1 aromatic carbocycles. The van der Waals surface area contributed by atoms with E-state index in [1.807, 2.05) is 4.90 Å². The van der Waals surface area contributed by atoms with E-state index in [4.69, 9.17) is 11.6 Å². The van der Waals surface area contributed by atoms with Crippen LogP contribution in [0, 0.1) is 11.7 Å². The number of hydrogen-bond acceptors (Lipinski definition) is 3. The lowest BCUT2D eigenvalue weighted by atomic mass is 9.89. The molecule has 1 aliphatic carbocycles. The van der Waals surface area contributed by atoms with Crippen molar-refractivity contribution in [2.75, 3.05) is 19.6 Å². The number of rotatable bonds is 6. The van der Waals surface area contributed by atoms with Crippen molar-refractivity contribution in [3.05, 3.63) is 34.6 Å². The van der Waals surface area contributed by atoms with Gasteiger partial charge in [-0.3, -0.25) is 14.5 Å². The van der Waals surface area contributed by atoms with Crippen LogP contribution in [0.5, 0.6) is 0 Å². The lowest BCUT2D eigenvalue weighted by molar-refractivity contribution is -0.134. The molecular weight excluding hydrogens is 369 g/mol. The quantitative estimate of drug-likeness (QED) is 0.778. The Kier molecular flexibility index (Phi) is 7.07. The second-order valence-electron chi connectivity index (χ2n) is 7.53. The molecule has 1 heterocycles. The summed E-state index contributed by atoms with van der Waals surface area (Å²) >= 11 is 6.13. The maximum Gasteiger partial charge on any atom is 0.237 e. The molecule has 3 rings (SSSR count). The number of hydrogen-bond donors (Lipinski definition) is 2. The normalized spacial score (nSPS) is 21.7. The number of carbonyl (C=O) groups is 2.